The molecule has 0 N–H and O–H groups in total. The Morgan fingerprint density at radius 1 is 0.373 bits per heavy atom. The van der Waals surface area contributed by atoms with Gasteiger partial charge in [-0.1, -0.05) is 162 Å². The third-order valence-corrected chi connectivity index (χ3v) is 13.6. The fourth-order valence-electron chi connectivity index (χ4n) is 10.4. The van der Waals surface area contributed by atoms with Gasteiger partial charge in [0, 0.05) is 50.8 Å². The number of aryl methyl sites for hydroxylation is 4. The zero-order valence-corrected chi connectivity index (χ0v) is 38.4. The van der Waals surface area contributed by atoms with E-state index < -0.39 is 0 Å². The maximum absolute atomic E-state index is 5.83. The third kappa shape index (κ3) is 6.69. The number of para-hydroxylation sites is 2. The molecular formula is C62H49N5. The molecule has 67 heavy (non-hydrogen) atoms. The van der Waals surface area contributed by atoms with Crippen LogP contribution in [-0.4, -0.2) is 32.8 Å². The van der Waals surface area contributed by atoms with E-state index in [1.165, 1.54) is 43.8 Å². The van der Waals surface area contributed by atoms with Gasteiger partial charge in [-0.3, -0.25) is 0 Å². The minimum Gasteiger partial charge on any atom is -0.333 e. The fraction of sp³-hybridized carbons (Fsp3) is 0.0968. The maximum Gasteiger partial charge on any atom is 0.161 e. The highest BCUT2D eigenvalue weighted by Crippen LogP contribution is 2.43. The van der Waals surface area contributed by atoms with Gasteiger partial charge < -0.3 is 14.0 Å². The average Bonchev–Trinajstić information content (AvgIpc) is 3.84. The van der Waals surface area contributed by atoms with Crippen LogP contribution in [0.3, 0.4) is 0 Å². The van der Waals surface area contributed by atoms with Crippen molar-refractivity contribution in [3.05, 3.63) is 239 Å². The van der Waals surface area contributed by atoms with Crippen molar-refractivity contribution in [2.75, 3.05) is 7.05 Å². The molecular weight excluding hydrogens is 815 g/mol. The average molecular weight is 864 g/mol. The lowest BCUT2D eigenvalue weighted by atomic mass is 9.96. The highest BCUT2D eigenvalue weighted by molar-refractivity contribution is 6.19. The summed E-state index contributed by atoms with van der Waals surface area (Å²) in [5.74, 6) is 1.51. The van der Waals surface area contributed by atoms with E-state index >= 15 is 0 Å². The molecule has 5 heteroatoms. The molecule has 0 spiro atoms. The van der Waals surface area contributed by atoms with E-state index in [0.29, 0.717) is 5.84 Å². The zero-order chi connectivity index (χ0) is 45.3. The Hall–Kier alpha value is -8.28. The molecule has 0 saturated carbocycles. The Labute approximate surface area is 391 Å². The van der Waals surface area contributed by atoms with Crippen molar-refractivity contribution in [3.8, 4) is 33.6 Å². The molecule has 0 amide bonds. The summed E-state index contributed by atoms with van der Waals surface area (Å²) in [4.78, 5) is 13.8. The molecule has 5 nitrogen and oxygen atoms in total. The summed E-state index contributed by atoms with van der Waals surface area (Å²) in [6.07, 6.45) is -0.378. The number of amidine groups is 2. The van der Waals surface area contributed by atoms with Crippen LogP contribution < -0.4 is 0 Å². The fourth-order valence-corrected chi connectivity index (χ4v) is 10.4. The molecule has 1 aliphatic heterocycles. The Bertz CT molecular complexity index is 3680. The summed E-state index contributed by atoms with van der Waals surface area (Å²) < 4.78 is 4.93. The van der Waals surface area contributed by atoms with Gasteiger partial charge in [0.1, 0.15) is 12.0 Å². The molecule has 11 aromatic rings. The molecule has 2 aromatic heterocycles. The Morgan fingerprint density at radius 2 is 0.746 bits per heavy atom. The van der Waals surface area contributed by atoms with Crippen LogP contribution in [0, 0.1) is 27.7 Å². The first-order chi connectivity index (χ1) is 32.8. The quantitative estimate of drug-likeness (QED) is 0.157. The zero-order valence-electron chi connectivity index (χ0n) is 38.4. The molecule has 1 atom stereocenters. The lowest BCUT2D eigenvalue weighted by molar-refractivity contribution is 0.383. The molecule has 1 aliphatic rings. The standard InChI is InChI=1S/C62H49N5/c1-39-27-31-54-50(35-39)51-36-40(2)28-32-55(51)66(54)58-46(43-17-9-6-10-18-43)23-15-25-48(58)60-63-61(45-21-13-8-14-22-45)65(5)62(64-60)49-26-16-24-47(44-19-11-7-12-20-44)59(49)67-56-33-29-41(3)37-52(56)53-38-42(4)30-34-57(53)67/h6-38,61H,1-5H3. The Kier molecular flexibility index (Phi) is 9.61. The molecule has 3 heterocycles. The number of hydrogen-bond donors (Lipinski definition) is 0. The SMILES string of the molecule is Cc1ccc2c(c1)c1cc(C)ccc1n2-c1c(C2=NC(c3ccccc3)N(C)C(c3cccc(-c4ccccc4)c3-n3c4ccc(C)cc4c4cc(C)ccc43)=N2)cccc1-c1ccccc1. The van der Waals surface area contributed by atoms with Gasteiger partial charge in [0.2, 0.25) is 0 Å². The second kappa shape index (κ2) is 16.0. The lowest BCUT2D eigenvalue weighted by Crippen LogP contribution is -2.36. The third-order valence-electron chi connectivity index (χ3n) is 13.6. The highest BCUT2D eigenvalue weighted by Gasteiger charge is 2.32. The van der Waals surface area contributed by atoms with Crippen LogP contribution in [0.2, 0.25) is 0 Å². The van der Waals surface area contributed by atoms with Gasteiger partial charge in [-0.05, 0) is 105 Å². The Morgan fingerprint density at radius 3 is 1.18 bits per heavy atom. The van der Waals surface area contributed by atoms with E-state index in [9.17, 15) is 0 Å². The van der Waals surface area contributed by atoms with Crippen LogP contribution in [0.1, 0.15) is 45.1 Å². The number of aromatic nitrogens is 2. The van der Waals surface area contributed by atoms with Gasteiger partial charge in [-0.15, -0.1) is 0 Å². The van der Waals surface area contributed by atoms with Gasteiger partial charge in [-0.2, -0.15) is 0 Å². The molecule has 0 fully saturated rings. The number of rotatable bonds is 7. The summed E-state index contributed by atoms with van der Waals surface area (Å²) in [5, 5.41) is 4.91. The van der Waals surface area contributed by atoms with Gasteiger partial charge in [0.25, 0.3) is 0 Å². The first-order valence-electron chi connectivity index (χ1n) is 23.2. The smallest absolute Gasteiger partial charge is 0.161 e. The second-order valence-corrected chi connectivity index (χ2v) is 18.2. The van der Waals surface area contributed by atoms with E-state index in [4.69, 9.17) is 9.98 Å². The number of nitrogens with zero attached hydrogens (tertiary/aromatic N) is 5. The number of fused-ring (bicyclic) bond motifs is 6. The molecule has 0 saturated heterocycles. The van der Waals surface area contributed by atoms with Crippen molar-refractivity contribution in [1.82, 2.24) is 14.0 Å². The minimum atomic E-state index is -0.378. The maximum atomic E-state index is 5.83. The van der Waals surface area contributed by atoms with Crippen LogP contribution in [-0.2, 0) is 0 Å². The number of hydrogen-bond acceptors (Lipinski definition) is 3. The second-order valence-electron chi connectivity index (χ2n) is 18.2. The van der Waals surface area contributed by atoms with Crippen LogP contribution in [0.5, 0.6) is 0 Å². The molecule has 1 unspecified atom stereocenters. The molecule has 0 aliphatic carbocycles. The van der Waals surface area contributed by atoms with Crippen molar-refractivity contribution in [2.24, 2.45) is 9.98 Å². The van der Waals surface area contributed by atoms with Crippen molar-refractivity contribution in [3.63, 3.8) is 0 Å². The molecule has 9 aromatic carbocycles. The number of aliphatic imine (C=N–C) groups is 2. The highest BCUT2D eigenvalue weighted by atomic mass is 15.3. The Balaban J connectivity index is 1.19. The summed E-state index contributed by atoms with van der Waals surface area (Å²) >= 11 is 0. The van der Waals surface area contributed by atoms with E-state index in [0.717, 1.165) is 78.2 Å². The van der Waals surface area contributed by atoms with Crippen LogP contribution >= 0.6 is 0 Å². The van der Waals surface area contributed by atoms with Crippen LogP contribution in [0.15, 0.2) is 210 Å². The van der Waals surface area contributed by atoms with Gasteiger partial charge in [0.05, 0.1) is 33.4 Å². The van der Waals surface area contributed by atoms with E-state index in [1.807, 2.05) is 0 Å². The lowest BCUT2D eigenvalue weighted by Gasteiger charge is -2.34. The van der Waals surface area contributed by atoms with Crippen molar-refractivity contribution in [1.29, 1.82) is 0 Å². The van der Waals surface area contributed by atoms with Crippen molar-refractivity contribution < 1.29 is 0 Å². The summed E-state index contributed by atoms with van der Waals surface area (Å²) in [6.45, 7) is 8.72. The first-order valence-corrected chi connectivity index (χ1v) is 23.2. The largest absolute Gasteiger partial charge is 0.333 e. The van der Waals surface area contributed by atoms with Gasteiger partial charge in [0.15, 0.2) is 5.84 Å². The van der Waals surface area contributed by atoms with Gasteiger partial charge >= 0.3 is 0 Å². The van der Waals surface area contributed by atoms with Crippen LogP contribution in [0.25, 0.3) is 77.2 Å². The molecule has 0 radical (unpaired) electrons. The topological polar surface area (TPSA) is 37.8 Å². The first kappa shape index (κ1) is 40.2. The summed E-state index contributed by atoms with van der Waals surface area (Å²) in [7, 11) is 2.15. The monoisotopic (exact) mass is 863 g/mol. The molecule has 0 bridgehead atoms. The van der Waals surface area contributed by atoms with Crippen molar-refractivity contribution >= 4 is 55.3 Å². The van der Waals surface area contributed by atoms with Crippen molar-refractivity contribution in [2.45, 2.75) is 33.9 Å². The predicted octanol–water partition coefficient (Wildman–Crippen LogP) is 15.3. The predicted molar refractivity (Wildman–Crippen MR) is 281 cm³/mol. The van der Waals surface area contributed by atoms with E-state index in [-0.39, 0.29) is 6.17 Å². The van der Waals surface area contributed by atoms with Gasteiger partial charge in [-0.25, -0.2) is 9.98 Å². The molecule has 322 valence electrons. The summed E-state index contributed by atoms with van der Waals surface area (Å²) in [6, 6.07) is 72.9. The molecule has 12 rings (SSSR count). The number of benzene rings is 9. The summed E-state index contributed by atoms with van der Waals surface area (Å²) in [5.41, 5.74) is 19.2. The van der Waals surface area contributed by atoms with Crippen LogP contribution in [0.4, 0.5) is 0 Å². The van der Waals surface area contributed by atoms with E-state index in [2.05, 4.69) is 249 Å². The normalized spacial score (nSPS) is 14.0. The van der Waals surface area contributed by atoms with E-state index in [1.54, 1.807) is 0 Å². The minimum absolute atomic E-state index is 0.378.